The average Bonchev–Trinajstić information content (AvgIpc) is 3.18. The first-order valence-corrected chi connectivity index (χ1v) is 13.2. The fourth-order valence-electron chi connectivity index (χ4n) is 4.85. The van der Waals surface area contributed by atoms with Gasteiger partial charge in [0.1, 0.15) is 5.75 Å². The van der Waals surface area contributed by atoms with E-state index in [1.165, 1.54) is 0 Å². The van der Waals surface area contributed by atoms with Gasteiger partial charge in [-0.15, -0.1) is 0 Å². The van der Waals surface area contributed by atoms with E-state index in [0.717, 1.165) is 22.2 Å². The van der Waals surface area contributed by atoms with Gasteiger partial charge >= 0.3 is 5.97 Å². The van der Waals surface area contributed by atoms with Crippen LogP contribution in [0.3, 0.4) is 0 Å². The van der Waals surface area contributed by atoms with Crippen LogP contribution in [-0.2, 0) is 14.3 Å². The van der Waals surface area contributed by atoms with Crippen molar-refractivity contribution in [1.82, 2.24) is 20.6 Å². The molecule has 1 atom stereocenters. The molecule has 1 aliphatic heterocycles. The van der Waals surface area contributed by atoms with Gasteiger partial charge in [-0.3, -0.25) is 4.79 Å². The number of hydrazone groups is 1. The van der Waals surface area contributed by atoms with Crippen molar-refractivity contribution in [3.63, 3.8) is 0 Å². The lowest BCUT2D eigenvalue weighted by Crippen LogP contribution is -2.45. The Hall–Kier alpha value is -4.18. The summed E-state index contributed by atoms with van der Waals surface area (Å²) in [4.78, 5) is 25.4. The number of rotatable bonds is 9. The summed E-state index contributed by atoms with van der Waals surface area (Å²) >= 11 is 5.32. The normalized spacial score (nSPS) is 15.4. The van der Waals surface area contributed by atoms with Gasteiger partial charge in [0.2, 0.25) is 0 Å². The summed E-state index contributed by atoms with van der Waals surface area (Å²) in [5.41, 5.74) is 7.34. The topological polar surface area (TPSA) is 106 Å². The minimum absolute atomic E-state index is 0.239. The van der Waals surface area contributed by atoms with E-state index in [-0.39, 0.29) is 19.3 Å². The van der Waals surface area contributed by atoms with E-state index in [4.69, 9.17) is 21.7 Å². The first kappa shape index (κ1) is 27.8. The number of hydrogen-bond acceptors (Lipinski definition) is 6. The van der Waals surface area contributed by atoms with E-state index < -0.39 is 17.9 Å². The molecule has 0 unspecified atom stereocenters. The van der Waals surface area contributed by atoms with Crippen molar-refractivity contribution in [2.24, 2.45) is 5.10 Å². The lowest BCUT2D eigenvalue weighted by Gasteiger charge is -2.30. The molecule has 0 saturated carbocycles. The molecular weight excluding hydrogens is 514 g/mol. The van der Waals surface area contributed by atoms with Gasteiger partial charge in [-0.2, -0.15) is 5.10 Å². The fraction of sp³-hybridized carbons (Fsp3) is 0.310. The molecule has 0 bridgehead atoms. The Morgan fingerprint density at radius 2 is 1.87 bits per heavy atom. The molecule has 0 radical (unpaired) electrons. The van der Waals surface area contributed by atoms with Gasteiger partial charge < -0.3 is 24.7 Å². The number of nitrogens with one attached hydrogen (secondary N) is 3. The Kier molecular flexibility index (Phi) is 8.65. The van der Waals surface area contributed by atoms with E-state index in [0.29, 0.717) is 27.7 Å². The number of aromatic nitrogens is 1. The number of carbonyl (C=O) groups excluding carboxylic acids is 2. The summed E-state index contributed by atoms with van der Waals surface area (Å²) in [5, 5.41) is 11.7. The van der Waals surface area contributed by atoms with Gasteiger partial charge in [-0.25, -0.2) is 10.2 Å². The van der Waals surface area contributed by atoms with Gasteiger partial charge in [-0.1, -0.05) is 36.4 Å². The van der Waals surface area contributed by atoms with Crippen LogP contribution in [0.4, 0.5) is 0 Å². The summed E-state index contributed by atoms with van der Waals surface area (Å²) in [7, 11) is 0. The molecule has 10 heteroatoms. The lowest BCUT2D eigenvalue weighted by molar-refractivity contribution is -0.139. The number of esters is 1. The van der Waals surface area contributed by atoms with Crippen molar-refractivity contribution in [1.29, 1.82) is 0 Å². The second-order valence-corrected chi connectivity index (χ2v) is 9.80. The maximum Gasteiger partial charge on any atom is 0.338 e. The van der Waals surface area contributed by atoms with Gasteiger partial charge in [0.25, 0.3) is 5.91 Å². The molecule has 4 rings (SSSR count). The highest BCUT2D eigenvalue weighted by atomic mass is 32.1. The Labute approximate surface area is 233 Å². The summed E-state index contributed by atoms with van der Waals surface area (Å²) in [6.07, 6.45) is 1.67. The molecule has 2 heterocycles. The van der Waals surface area contributed by atoms with Gasteiger partial charge in [0, 0.05) is 39.5 Å². The predicted octanol–water partition coefficient (Wildman–Crippen LogP) is 4.42. The zero-order chi connectivity index (χ0) is 28.1. The number of carbonyl (C=O) groups is 2. The van der Waals surface area contributed by atoms with E-state index in [2.05, 4.69) is 45.6 Å². The van der Waals surface area contributed by atoms with Crippen molar-refractivity contribution in [3.8, 4) is 5.75 Å². The molecule has 0 saturated heterocycles. The first-order valence-electron chi connectivity index (χ1n) is 12.8. The summed E-state index contributed by atoms with van der Waals surface area (Å²) in [6.45, 7) is 9.80. The standard InChI is InChI=1S/C29H33N5O4S/c1-6-37-28(36)26-18(4)31-29(39)32-27(26)21-12-8-10-14-24(21)38-16-25(35)33-30-15-22-19(5)34(17(2)3)23-13-9-7-11-20(22)23/h7-15,17,27H,6,16H2,1-5H3,(H,33,35)(H2,31,32,39)/t27-/m1/s1. The third-order valence-electron chi connectivity index (χ3n) is 6.46. The Balaban J connectivity index is 1.49. The highest BCUT2D eigenvalue weighted by Gasteiger charge is 2.32. The van der Waals surface area contributed by atoms with Crippen molar-refractivity contribution < 1.29 is 19.1 Å². The third-order valence-corrected chi connectivity index (χ3v) is 6.68. The van der Waals surface area contributed by atoms with Crippen LogP contribution < -0.4 is 20.8 Å². The molecule has 0 fully saturated rings. The molecule has 9 nitrogen and oxygen atoms in total. The molecule has 204 valence electrons. The average molecular weight is 548 g/mol. The molecule has 1 amide bonds. The van der Waals surface area contributed by atoms with E-state index in [1.807, 2.05) is 37.3 Å². The summed E-state index contributed by atoms with van der Waals surface area (Å²) < 4.78 is 13.4. The Morgan fingerprint density at radius 1 is 1.15 bits per heavy atom. The summed E-state index contributed by atoms with van der Waals surface area (Å²) in [5.74, 6) is -0.444. The smallest absolute Gasteiger partial charge is 0.338 e. The summed E-state index contributed by atoms with van der Waals surface area (Å²) in [6, 6.07) is 15.0. The number of benzene rings is 2. The highest BCUT2D eigenvalue weighted by Crippen LogP contribution is 2.33. The second kappa shape index (κ2) is 12.1. The van der Waals surface area contributed by atoms with Crippen LogP contribution in [0.1, 0.15) is 56.6 Å². The van der Waals surface area contributed by atoms with Gasteiger partial charge in [0.15, 0.2) is 11.7 Å². The lowest BCUT2D eigenvalue weighted by atomic mass is 9.95. The SMILES string of the molecule is CCOC(=O)C1=C(C)NC(=S)N[C@@H]1c1ccccc1OCC(=O)NN=Cc1c(C)n(C(C)C)c2ccccc12. The van der Waals surface area contributed by atoms with Crippen molar-refractivity contribution in [2.45, 2.75) is 46.7 Å². The van der Waals surface area contributed by atoms with Gasteiger partial charge in [-0.05, 0) is 59.0 Å². The zero-order valence-electron chi connectivity index (χ0n) is 22.7. The van der Waals surface area contributed by atoms with E-state index in [9.17, 15) is 9.59 Å². The molecule has 1 aromatic heterocycles. The monoisotopic (exact) mass is 547 g/mol. The first-order chi connectivity index (χ1) is 18.7. The minimum Gasteiger partial charge on any atom is -0.483 e. The largest absolute Gasteiger partial charge is 0.483 e. The minimum atomic E-state index is -0.601. The van der Waals surface area contributed by atoms with Crippen LogP contribution in [-0.4, -0.2) is 41.0 Å². The van der Waals surface area contributed by atoms with Crippen molar-refractivity contribution >= 4 is 46.3 Å². The number of fused-ring (bicyclic) bond motifs is 1. The number of nitrogens with zero attached hydrogens (tertiary/aromatic N) is 2. The van der Waals surface area contributed by atoms with Crippen LogP contribution in [0.5, 0.6) is 5.75 Å². The number of ether oxygens (including phenoxy) is 2. The fourth-order valence-corrected chi connectivity index (χ4v) is 5.12. The number of amides is 1. The molecule has 3 N–H and O–H groups in total. The number of para-hydroxylation sites is 2. The van der Waals surface area contributed by atoms with Crippen LogP contribution in [0, 0.1) is 6.92 Å². The Morgan fingerprint density at radius 3 is 2.62 bits per heavy atom. The number of hydrogen-bond donors (Lipinski definition) is 3. The van der Waals surface area contributed by atoms with Crippen LogP contribution in [0.2, 0.25) is 0 Å². The molecule has 2 aromatic carbocycles. The maximum atomic E-state index is 12.7. The van der Waals surface area contributed by atoms with Gasteiger partial charge in [0.05, 0.1) is 24.4 Å². The molecule has 39 heavy (non-hydrogen) atoms. The predicted molar refractivity (Wildman–Crippen MR) is 156 cm³/mol. The quantitative estimate of drug-likeness (QED) is 0.158. The van der Waals surface area contributed by atoms with Crippen molar-refractivity contribution in [2.75, 3.05) is 13.2 Å². The third kappa shape index (κ3) is 5.96. The number of allylic oxidation sites excluding steroid dienone is 1. The highest BCUT2D eigenvalue weighted by molar-refractivity contribution is 7.80. The zero-order valence-corrected chi connectivity index (χ0v) is 23.5. The molecule has 1 aliphatic rings. The van der Waals surface area contributed by atoms with Crippen LogP contribution >= 0.6 is 12.2 Å². The van der Waals surface area contributed by atoms with Crippen LogP contribution in [0.25, 0.3) is 10.9 Å². The van der Waals surface area contributed by atoms with Crippen LogP contribution in [0.15, 0.2) is 64.9 Å². The molecular formula is C29H33N5O4S. The van der Waals surface area contributed by atoms with E-state index >= 15 is 0 Å². The molecule has 0 spiro atoms. The molecule has 0 aliphatic carbocycles. The molecule has 3 aromatic rings. The Bertz CT molecular complexity index is 1470. The maximum absolute atomic E-state index is 12.7. The van der Waals surface area contributed by atoms with Crippen molar-refractivity contribution in [3.05, 3.63) is 76.6 Å². The van der Waals surface area contributed by atoms with E-state index in [1.54, 1.807) is 32.2 Å². The second-order valence-electron chi connectivity index (χ2n) is 9.39. The number of thiocarbonyl (C=S) groups is 1.